The number of anilines is 1. The van der Waals surface area contributed by atoms with E-state index in [1.54, 1.807) is 40.4 Å². The van der Waals surface area contributed by atoms with E-state index in [9.17, 15) is 4.79 Å². The van der Waals surface area contributed by atoms with E-state index in [0.29, 0.717) is 35.4 Å². The third kappa shape index (κ3) is 3.16. The number of carbonyl (C=O) groups excluding carboxylic acids is 1. The standard InChI is InChI=1S/C19H16Cl2N4O/c20-16-4-3-15(10-17(16)21)25-18-14(2-1-7-23-18)12-24(19(25)26)11-13-5-8-22-9-6-13/h1-6,8-10,23H,7,11-12H2. The van der Waals surface area contributed by atoms with Gasteiger partial charge in [0.1, 0.15) is 5.82 Å². The van der Waals surface area contributed by atoms with Gasteiger partial charge in [0.25, 0.3) is 0 Å². The molecule has 4 rings (SSSR count). The first-order chi connectivity index (χ1) is 12.6. The summed E-state index contributed by atoms with van der Waals surface area (Å²) in [6.07, 6.45) is 7.56. The first kappa shape index (κ1) is 16.9. The maximum Gasteiger partial charge on any atom is 0.330 e. The van der Waals surface area contributed by atoms with Gasteiger partial charge in [-0.3, -0.25) is 4.98 Å². The Bertz CT molecular complexity index is 911. The second-order valence-corrected chi connectivity index (χ2v) is 6.90. The van der Waals surface area contributed by atoms with Crippen molar-refractivity contribution >= 4 is 34.9 Å². The SMILES string of the molecule is O=C1N(Cc2ccncc2)CC2=C(NCC=C2)N1c1ccc(Cl)c(Cl)c1. The molecule has 2 aliphatic heterocycles. The van der Waals surface area contributed by atoms with Gasteiger partial charge >= 0.3 is 6.03 Å². The van der Waals surface area contributed by atoms with Gasteiger partial charge < -0.3 is 10.2 Å². The Morgan fingerprint density at radius 1 is 1.12 bits per heavy atom. The van der Waals surface area contributed by atoms with Crippen LogP contribution in [0.1, 0.15) is 5.56 Å². The predicted octanol–water partition coefficient (Wildman–Crippen LogP) is 4.20. The summed E-state index contributed by atoms with van der Waals surface area (Å²) >= 11 is 12.2. The third-order valence-electron chi connectivity index (χ3n) is 4.34. The molecule has 0 radical (unpaired) electrons. The molecule has 1 aromatic carbocycles. The van der Waals surface area contributed by atoms with Crippen molar-refractivity contribution in [2.75, 3.05) is 18.0 Å². The molecule has 2 aliphatic rings. The minimum atomic E-state index is -0.109. The Morgan fingerprint density at radius 3 is 2.69 bits per heavy atom. The molecular formula is C19H16Cl2N4O. The Hall–Kier alpha value is -2.50. The number of carbonyl (C=O) groups is 1. The molecule has 0 fully saturated rings. The van der Waals surface area contributed by atoms with Crippen LogP contribution < -0.4 is 10.2 Å². The molecular weight excluding hydrogens is 371 g/mol. The number of aromatic nitrogens is 1. The summed E-state index contributed by atoms with van der Waals surface area (Å²) in [5.74, 6) is 0.793. The number of amides is 2. The number of nitrogens with one attached hydrogen (secondary N) is 1. The van der Waals surface area contributed by atoms with E-state index >= 15 is 0 Å². The van der Waals surface area contributed by atoms with E-state index < -0.39 is 0 Å². The maximum absolute atomic E-state index is 13.2. The number of benzene rings is 1. The third-order valence-corrected chi connectivity index (χ3v) is 5.08. The molecule has 7 heteroatoms. The van der Waals surface area contributed by atoms with Crippen molar-refractivity contribution in [3.05, 3.63) is 81.9 Å². The highest BCUT2D eigenvalue weighted by atomic mass is 35.5. The largest absolute Gasteiger partial charge is 0.367 e. The van der Waals surface area contributed by atoms with Crippen LogP contribution in [0.15, 0.2) is 66.3 Å². The fourth-order valence-electron chi connectivity index (χ4n) is 3.11. The normalized spacial score (nSPS) is 16.6. The van der Waals surface area contributed by atoms with Crippen molar-refractivity contribution in [2.45, 2.75) is 6.54 Å². The first-order valence-electron chi connectivity index (χ1n) is 8.20. The van der Waals surface area contributed by atoms with Crippen molar-refractivity contribution in [3.63, 3.8) is 0 Å². The highest BCUT2D eigenvalue weighted by molar-refractivity contribution is 6.42. The monoisotopic (exact) mass is 386 g/mol. The number of pyridine rings is 1. The zero-order valence-electron chi connectivity index (χ0n) is 13.8. The molecule has 5 nitrogen and oxygen atoms in total. The zero-order valence-corrected chi connectivity index (χ0v) is 15.3. The van der Waals surface area contributed by atoms with Gasteiger partial charge in [-0.25, -0.2) is 9.69 Å². The van der Waals surface area contributed by atoms with Crippen molar-refractivity contribution in [3.8, 4) is 0 Å². The van der Waals surface area contributed by atoms with Gasteiger partial charge in [0, 0.05) is 31.1 Å². The van der Waals surface area contributed by atoms with Crippen LogP contribution in [-0.2, 0) is 6.54 Å². The van der Waals surface area contributed by atoms with E-state index in [1.807, 2.05) is 18.2 Å². The number of dihydropyridines is 1. The fraction of sp³-hybridized carbons (Fsp3) is 0.158. The van der Waals surface area contributed by atoms with Gasteiger partial charge in [-0.1, -0.05) is 35.4 Å². The van der Waals surface area contributed by atoms with Crippen molar-refractivity contribution < 1.29 is 4.79 Å². The molecule has 0 bridgehead atoms. The molecule has 0 spiro atoms. The molecule has 0 aliphatic carbocycles. The average molecular weight is 387 g/mol. The van der Waals surface area contributed by atoms with Crippen LogP contribution in [0.3, 0.4) is 0 Å². The van der Waals surface area contributed by atoms with Crippen LogP contribution >= 0.6 is 23.2 Å². The van der Waals surface area contributed by atoms with Crippen LogP contribution in [0.4, 0.5) is 10.5 Å². The molecule has 26 heavy (non-hydrogen) atoms. The molecule has 0 atom stereocenters. The van der Waals surface area contributed by atoms with E-state index in [2.05, 4.69) is 16.4 Å². The summed E-state index contributed by atoms with van der Waals surface area (Å²) in [6, 6.07) is 8.93. The minimum Gasteiger partial charge on any atom is -0.367 e. The maximum atomic E-state index is 13.2. The number of hydrogen-bond donors (Lipinski definition) is 1. The summed E-state index contributed by atoms with van der Waals surface area (Å²) in [5.41, 5.74) is 2.76. The van der Waals surface area contributed by atoms with Gasteiger partial charge in [0.05, 0.1) is 22.3 Å². The van der Waals surface area contributed by atoms with Crippen LogP contribution in [0.25, 0.3) is 0 Å². The van der Waals surface area contributed by atoms with Gasteiger partial charge in [-0.15, -0.1) is 0 Å². The molecule has 0 saturated heterocycles. The Kier molecular flexibility index (Phi) is 4.57. The highest BCUT2D eigenvalue weighted by Crippen LogP contribution is 2.33. The molecule has 3 heterocycles. The van der Waals surface area contributed by atoms with E-state index in [-0.39, 0.29) is 6.03 Å². The lowest BCUT2D eigenvalue weighted by Gasteiger charge is -2.39. The van der Waals surface area contributed by atoms with Crippen LogP contribution in [0.2, 0.25) is 10.0 Å². The number of halogens is 2. The van der Waals surface area contributed by atoms with Crippen LogP contribution in [-0.4, -0.2) is 29.0 Å². The lowest BCUT2D eigenvalue weighted by molar-refractivity contribution is 0.204. The highest BCUT2D eigenvalue weighted by Gasteiger charge is 2.33. The first-order valence-corrected chi connectivity index (χ1v) is 8.95. The summed E-state index contributed by atoms with van der Waals surface area (Å²) in [5, 5.41) is 4.17. The van der Waals surface area contributed by atoms with Crippen molar-refractivity contribution in [2.24, 2.45) is 0 Å². The molecule has 1 aromatic heterocycles. The van der Waals surface area contributed by atoms with E-state index in [4.69, 9.17) is 23.2 Å². The lowest BCUT2D eigenvalue weighted by atomic mass is 10.1. The topological polar surface area (TPSA) is 48.5 Å². The Labute approximate surface area is 161 Å². The van der Waals surface area contributed by atoms with Gasteiger partial charge in [-0.05, 0) is 35.9 Å². The second kappa shape index (κ2) is 7.02. The van der Waals surface area contributed by atoms with Gasteiger partial charge in [-0.2, -0.15) is 0 Å². The van der Waals surface area contributed by atoms with Crippen molar-refractivity contribution in [1.82, 2.24) is 15.2 Å². The number of urea groups is 1. The fourth-order valence-corrected chi connectivity index (χ4v) is 3.40. The van der Waals surface area contributed by atoms with E-state index in [1.165, 1.54) is 0 Å². The molecule has 132 valence electrons. The molecule has 0 unspecified atom stereocenters. The summed E-state index contributed by atoms with van der Waals surface area (Å²) in [4.78, 5) is 20.7. The van der Waals surface area contributed by atoms with Gasteiger partial charge in [0.15, 0.2) is 0 Å². The Morgan fingerprint density at radius 2 is 1.92 bits per heavy atom. The van der Waals surface area contributed by atoms with E-state index in [0.717, 1.165) is 17.0 Å². The lowest BCUT2D eigenvalue weighted by Crippen LogP contribution is -2.51. The molecule has 2 amide bonds. The summed E-state index contributed by atoms with van der Waals surface area (Å²) in [7, 11) is 0. The predicted molar refractivity (Wildman–Crippen MR) is 103 cm³/mol. The molecule has 0 saturated carbocycles. The summed E-state index contributed by atoms with van der Waals surface area (Å²) < 4.78 is 0. The molecule has 2 aromatic rings. The average Bonchev–Trinajstić information content (AvgIpc) is 2.66. The summed E-state index contributed by atoms with van der Waals surface area (Å²) in [6.45, 7) is 1.72. The number of hydrogen-bond acceptors (Lipinski definition) is 3. The van der Waals surface area contributed by atoms with Gasteiger partial charge in [0.2, 0.25) is 0 Å². The molecule has 1 N–H and O–H groups in total. The smallest absolute Gasteiger partial charge is 0.330 e. The minimum absolute atomic E-state index is 0.109. The quantitative estimate of drug-likeness (QED) is 0.859. The number of rotatable bonds is 3. The Balaban J connectivity index is 1.73. The second-order valence-electron chi connectivity index (χ2n) is 6.09. The van der Waals surface area contributed by atoms with Crippen molar-refractivity contribution in [1.29, 1.82) is 0 Å². The number of nitrogens with zero attached hydrogens (tertiary/aromatic N) is 3. The van der Waals surface area contributed by atoms with Crippen LogP contribution in [0.5, 0.6) is 0 Å². The zero-order chi connectivity index (χ0) is 18.1. The van der Waals surface area contributed by atoms with Crippen LogP contribution in [0, 0.1) is 0 Å².